The van der Waals surface area contributed by atoms with Crippen molar-refractivity contribution in [1.29, 1.82) is 0 Å². The van der Waals surface area contributed by atoms with Gasteiger partial charge in [-0.3, -0.25) is 0 Å². The Balaban J connectivity index is 4.06. The molecule has 0 fully saturated rings. The third-order valence-electron chi connectivity index (χ3n) is 1.91. The van der Waals surface area contributed by atoms with Crippen LogP contribution in [0.4, 0.5) is 0 Å². The van der Waals surface area contributed by atoms with Gasteiger partial charge in [-0.05, 0) is 13.3 Å². The zero-order valence-electron chi connectivity index (χ0n) is 7.45. The van der Waals surface area contributed by atoms with E-state index in [2.05, 4.69) is 0 Å². The molecule has 0 rings (SSSR count). The molecule has 0 bridgehead atoms. The molecule has 4 nitrogen and oxygen atoms in total. The Hall–Kier alpha value is -0.610. The van der Waals surface area contributed by atoms with Crippen molar-refractivity contribution in [2.24, 2.45) is 0 Å². The standard InChI is InChI=1S/C8H16O4/c1-3-4-5-6(9)8(2,12)7(10)11/h6,9,12H,3-5H2,1-2H3,(H,10,11). The number of aliphatic hydroxyl groups excluding tert-OH is 1. The van der Waals surface area contributed by atoms with Crippen molar-refractivity contribution in [3.8, 4) is 0 Å². The number of carbonyl (C=O) groups is 1. The smallest absolute Gasteiger partial charge is 0.338 e. The highest BCUT2D eigenvalue weighted by Crippen LogP contribution is 2.15. The molecular formula is C8H16O4. The molecule has 0 aromatic rings. The fourth-order valence-corrected chi connectivity index (χ4v) is 0.821. The van der Waals surface area contributed by atoms with E-state index in [0.717, 1.165) is 13.3 Å². The van der Waals surface area contributed by atoms with Crippen molar-refractivity contribution in [3.05, 3.63) is 0 Å². The summed E-state index contributed by atoms with van der Waals surface area (Å²) in [7, 11) is 0. The maximum absolute atomic E-state index is 10.4. The van der Waals surface area contributed by atoms with Crippen LogP contribution >= 0.6 is 0 Å². The van der Waals surface area contributed by atoms with Gasteiger partial charge in [0, 0.05) is 0 Å². The summed E-state index contributed by atoms with van der Waals surface area (Å²) in [6.45, 7) is 3.04. The Morgan fingerprint density at radius 1 is 1.58 bits per heavy atom. The maximum Gasteiger partial charge on any atom is 0.338 e. The van der Waals surface area contributed by atoms with Crippen LogP contribution in [0.15, 0.2) is 0 Å². The summed E-state index contributed by atoms with van der Waals surface area (Å²) < 4.78 is 0. The highest BCUT2D eigenvalue weighted by atomic mass is 16.4. The van der Waals surface area contributed by atoms with Crippen LogP contribution in [0.5, 0.6) is 0 Å². The van der Waals surface area contributed by atoms with E-state index in [1.54, 1.807) is 0 Å². The summed E-state index contributed by atoms with van der Waals surface area (Å²) in [6.07, 6.45) is 0.711. The quantitative estimate of drug-likeness (QED) is 0.565. The minimum Gasteiger partial charge on any atom is -0.479 e. The molecule has 0 amide bonds. The average molecular weight is 176 g/mol. The lowest BCUT2D eigenvalue weighted by molar-refractivity contribution is -0.169. The lowest BCUT2D eigenvalue weighted by Crippen LogP contribution is -2.46. The van der Waals surface area contributed by atoms with Crippen molar-refractivity contribution < 1.29 is 20.1 Å². The summed E-state index contributed by atoms with van der Waals surface area (Å²) in [5.74, 6) is -1.38. The first-order chi connectivity index (χ1) is 5.42. The monoisotopic (exact) mass is 176 g/mol. The Kier molecular flexibility index (Phi) is 4.20. The van der Waals surface area contributed by atoms with E-state index in [0.29, 0.717) is 12.8 Å². The largest absolute Gasteiger partial charge is 0.479 e. The van der Waals surface area contributed by atoms with Crippen molar-refractivity contribution >= 4 is 5.97 Å². The second-order valence-corrected chi connectivity index (χ2v) is 3.11. The molecule has 0 saturated carbocycles. The van der Waals surface area contributed by atoms with Gasteiger partial charge in [0.2, 0.25) is 0 Å². The predicted octanol–water partition coefficient (Wildman–Crippen LogP) is 0.373. The molecule has 0 aliphatic heterocycles. The van der Waals surface area contributed by atoms with Crippen LogP contribution in [-0.2, 0) is 4.79 Å². The predicted molar refractivity (Wildman–Crippen MR) is 43.8 cm³/mol. The topological polar surface area (TPSA) is 77.8 Å². The maximum atomic E-state index is 10.4. The highest BCUT2D eigenvalue weighted by Gasteiger charge is 2.37. The first kappa shape index (κ1) is 11.4. The van der Waals surface area contributed by atoms with Crippen LogP contribution in [0, 0.1) is 0 Å². The van der Waals surface area contributed by atoms with E-state index in [9.17, 15) is 15.0 Å². The lowest BCUT2D eigenvalue weighted by atomic mass is 9.95. The van der Waals surface area contributed by atoms with Gasteiger partial charge in [-0.25, -0.2) is 4.79 Å². The molecule has 4 heteroatoms. The fraction of sp³-hybridized carbons (Fsp3) is 0.875. The normalized spacial score (nSPS) is 18.3. The number of unbranched alkanes of at least 4 members (excludes halogenated alkanes) is 1. The molecule has 2 atom stereocenters. The van der Waals surface area contributed by atoms with Crippen LogP contribution in [0.25, 0.3) is 0 Å². The first-order valence-electron chi connectivity index (χ1n) is 4.06. The molecule has 3 N–H and O–H groups in total. The summed E-state index contributed by atoms with van der Waals surface area (Å²) in [5, 5.41) is 27.0. The molecular weight excluding hydrogens is 160 g/mol. The number of rotatable bonds is 5. The average Bonchev–Trinajstić information content (AvgIpc) is 1.99. The summed E-state index contributed by atoms with van der Waals surface area (Å²) in [5.41, 5.74) is -2.02. The van der Waals surface area contributed by atoms with Crippen LogP contribution in [0.3, 0.4) is 0 Å². The second kappa shape index (κ2) is 4.42. The molecule has 0 radical (unpaired) electrons. The lowest BCUT2D eigenvalue weighted by Gasteiger charge is -2.24. The molecule has 0 aromatic carbocycles. The third kappa shape index (κ3) is 2.79. The molecule has 0 saturated heterocycles. The zero-order chi connectivity index (χ0) is 9.78. The van der Waals surface area contributed by atoms with Gasteiger partial charge in [-0.1, -0.05) is 19.8 Å². The van der Waals surface area contributed by atoms with Gasteiger partial charge in [-0.15, -0.1) is 0 Å². The summed E-state index contributed by atoms with van der Waals surface area (Å²) in [4.78, 5) is 10.4. The third-order valence-corrected chi connectivity index (χ3v) is 1.91. The minimum atomic E-state index is -2.02. The number of aliphatic carboxylic acids is 1. The van der Waals surface area contributed by atoms with E-state index in [1.165, 1.54) is 0 Å². The van der Waals surface area contributed by atoms with Crippen molar-refractivity contribution in [2.75, 3.05) is 0 Å². The summed E-state index contributed by atoms with van der Waals surface area (Å²) in [6, 6.07) is 0. The Bertz CT molecular complexity index is 153. The van der Waals surface area contributed by atoms with Gasteiger partial charge in [0.15, 0.2) is 5.60 Å². The van der Waals surface area contributed by atoms with Crippen LogP contribution in [-0.4, -0.2) is 33.0 Å². The molecule has 0 aliphatic rings. The van der Waals surface area contributed by atoms with Gasteiger partial charge in [-0.2, -0.15) is 0 Å². The zero-order valence-corrected chi connectivity index (χ0v) is 7.45. The molecule has 0 spiro atoms. The number of hydrogen-bond acceptors (Lipinski definition) is 3. The highest BCUT2D eigenvalue weighted by molar-refractivity contribution is 5.77. The van der Waals surface area contributed by atoms with E-state index in [-0.39, 0.29) is 0 Å². The van der Waals surface area contributed by atoms with Crippen molar-refractivity contribution in [2.45, 2.75) is 44.8 Å². The number of hydrogen-bond donors (Lipinski definition) is 3. The molecule has 2 unspecified atom stereocenters. The fourth-order valence-electron chi connectivity index (χ4n) is 0.821. The minimum absolute atomic E-state index is 0.315. The SMILES string of the molecule is CCCCC(O)C(C)(O)C(=O)O. The van der Waals surface area contributed by atoms with Gasteiger partial charge in [0.1, 0.15) is 0 Å². The summed E-state index contributed by atoms with van der Waals surface area (Å²) >= 11 is 0. The number of carboxylic acid groups (broad SMARTS) is 1. The molecule has 0 heterocycles. The Morgan fingerprint density at radius 3 is 2.42 bits per heavy atom. The van der Waals surface area contributed by atoms with Crippen LogP contribution in [0.1, 0.15) is 33.1 Å². The second-order valence-electron chi connectivity index (χ2n) is 3.11. The van der Waals surface area contributed by atoms with E-state index < -0.39 is 17.7 Å². The van der Waals surface area contributed by atoms with E-state index in [4.69, 9.17) is 5.11 Å². The molecule has 0 aromatic heterocycles. The van der Waals surface area contributed by atoms with Gasteiger partial charge < -0.3 is 15.3 Å². The van der Waals surface area contributed by atoms with E-state index >= 15 is 0 Å². The molecule has 0 aliphatic carbocycles. The Morgan fingerprint density at radius 2 is 2.08 bits per heavy atom. The van der Waals surface area contributed by atoms with Crippen LogP contribution in [0.2, 0.25) is 0 Å². The van der Waals surface area contributed by atoms with Crippen LogP contribution < -0.4 is 0 Å². The Labute approximate surface area is 71.8 Å². The molecule has 72 valence electrons. The number of carboxylic acids is 1. The van der Waals surface area contributed by atoms with Gasteiger partial charge in [0.05, 0.1) is 6.10 Å². The first-order valence-corrected chi connectivity index (χ1v) is 4.06. The van der Waals surface area contributed by atoms with Crippen molar-refractivity contribution in [3.63, 3.8) is 0 Å². The van der Waals surface area contributed by atoms with Gasteiger partial charge in [0.25, 0.3) is 0 Å². The van der Waals surface area contributed by atoms with E-state index in [1.807, 2.05) is 6.92 Å². The van der Waals surface area contributed by atoms with Crippen molar-refractivity contribution in [1.82, 2.24) is 0 Å². The number of aliphatic hydroxyl groups is 2. The van der Waals surface area contributed by atoms with Gasteiger partial charge >= 0.3 is 5.97 Å². The molecule has 12 heavy (non-hydrogen) atoms.